The van der Waals surface area contributed by atoms with Gasteiger partial charge in [0.05, 0.1) is 5.69 Å². The predicted octanol–water partition coefficient (Wildman–Crippen LogP) is 5.71. The first kappa shape index (κ1) is 18.6. The van der Waals surface area contributed by atoms with Crippen LogP contribution in [0.1, 0.15) is 10.6 Å². The van der Waals surface area contributed by atoms with Crippen molar-refractivity contribution in [2.45, 2.75) is 0 Å². The fraction of sp³-hybridized carbons (Fsp3) is 0. The van der Waals surface area contributed by atoms with Gasteiger partial charge in [-0.1, -0.05) is 62.2 Å². The number of hydrogen-bond acceptors (Lipinski definition) is 3. The maximum Gasteiger partial charge on any atom is 0.295 e. The van der Waals surface area contributed by atoms with Gasteiger partial charge in [0.2, 0.25) is 5.82 Å². The Balaban J connectivity index is 1.73. The van der Waals surface area contributed by atoms with E-state index < -0.39 is 0 Å². The molecule has 0 spiro atoms. The minimum Gasteiger partial charge on any atom is -0.319 e. The van der Waals surface area contributed by atoms with Gasteiger partial charge in [0, 0.05) is 20.2 Å². The summed E-state index contributed by atoms with van der Waals surface area (Å²) < 4.78 is 3.58. The third kappa shape index (κ3) is 4.05. The van der Waals surface area contributed by atoms with Crippen molar-refractivity contribution in [2.24, 2.45) is 0 Å². The van der Waals surface area contributed by atoms with Gasteiger partial charge in [-0.05, 0) is 48.5 Å². The second kappa shape index (κ2) is 8.08. The Morgan fingerprint density at radius 1 is 0.821 bits per heavy atom. The number of amides is 1. The van der Waals surface area contributed by atoms with Crippen LogP contribution in [0.5, 0.6) is 0 Å². The van der Waals surface area contributed by atoms with E-state index in [-0.39, 0.29) is 11.7 Å². The van der Waals surface area contributed by atoms with Gasteiger partial charge in [-0.25, -0.2) is 9.67 Å². The second-order valence-electron chi connectivity index (χ2n) is 5.97. The normalized spacial score (nSPS) is 10.6. The molecule has 0 atom stereocenters. The van der Waals surface area contributed by atoms with E-state index in [1.54, 1.807) is 4.68 Å². The quantitative estimate of drug-likeness (QED) is 0.392. The van der Waals surface area contributed by atoms with Crippen LogP contribution >= 0.6 is 31.9 Å². The molecular formula is C21H14Br2N4O. The summed E-state index contributed by atoms with van der Waals surface area (Å²) in [7, 11) is 0. The molecule has 7 heteroatoms. The first-order valence-electron chi connectivity index (χ1n) is 8.45. The molecule has 0 fully saturated rings. The highest BCUT2D eigenvalue weighted by Gasteiger charge is 2.19. The number of carbonyl (C=O) groups excluding carboxylic acids is 1. The number of halogens is 2. The lowest BCUT2D eigenvalue weighted by Crippen LogP contribution is -2.14. The van der Waals surface area contributed by atoms with Crippen molar-refractivity contribution >= 4 is 43.5 Å². The highest BCUT2D eigenvalue weighted by molar-refractivity contribution is 9.10. The van der Waals surface area contributed by atoms with Gasteiger partial charge in [0.25, 0.3) is 5.91 Å². The highest BCUT2D eigenvalue weighted by Crippen LogP contribution is 2.23. The summed E-state index contributed by atoms with van der Waals surface area (Å²) in [5.74, 6) is 0.337. The Bertz CT molecular complexity index is 1110. The lowest BCUT2D eigenvalue weighted by Gasteiger charge is -2.05. The van der Waals surface area contributed by atoms with Gasteiger partial charge in [0.1, 0.15) is 0 Å². The zero-order valence-corrected chi connectivity index (χ0v) is 17.7. The number of nitrogens with zero attached hydrogens (tertiary/aromatic N) is 3. The third-order valence-corrected chi connectivity index (χ3v) is 5.07. The average molecular weight is 498 g/mol. The van der Waals surface area contributed by atoms with E-state index in [9.17, 15) is 4.79 Å². The first-order valence-corrected chi connectivity index (χ1v) is 10.0. The molecule has 5 nitrogen and oxygen atoms in total. The molecule has 1 amide bonds. The molecule has 0 radical (unpaired) electrons. The van der Waals surface area contributed by atoms with Crippen molar-refractivity contribution in [3.63, 3.8) is 0 Å². The monoisotopic (exact) mass is 496 g/mol. The van der Waals surface area contributed by atoms with Crippen LogP contribution in [-0.2, 0) is 0 Å². The molecule has 1 N–H and O–H groups in total. The molecule has 4 rings (SSSR count). The fourth-order valence-corrected chi connectivity index (χ4v) is 3.19. The van der Waals surface area contributed by atoms with Crippen LogP contribution in [0.15, 0.2) is 87.8 Å². The summed E-state index contributed by atoms with van der Waals surface area (Å²) in [4.78, 5) is 17.2. The minimum atomic E-state index is -0.365. The molecule has 0 aliphatic carbocycles. The third-order valence-electron chi connectivity index (χ3n) is 4.02. The molecule has 0 saturated heterocycles. The predicted molar refractivity (Wildman–Crippen MR) is 117 cm³/mol. The summed E-state index contributed by atoms with van der Waals surface area (Å²) in [5, 5.41) is 7.30. The van der Waals surface area contributed by atoms with Crippen LogP contribution in [0.2, 0.25) is 0 Å². The number of carbonyl (C=O) groups is 1. The topological polar surface area (TPSA) is 59.8 Å². The van der Waals surface area contributed by atoms with Gasteiger partial charge >= 0.3 is 0 Å². The second-order valence-corrected chi connectivity index (χ2v) is 7.81. The van der Waals surface area contributed by atoms with E-state index in [0.717, 1.165) is 20.2 Å². The number of anilines is 1. The number of aromatic nitrogens is 3. The van der Waals surface area contributed by atoms with Crippen LogP contribution in [0.4, 0.5) is 5.69 Å². The lowest BCUT2D eigenvalue weighted by atomic mass is 10.2. The van der Waals surface area contributed by atoms with Crippen LogP contribution < -0.4 is 5.32 Å². The molecular weight excluding hydrogens is 484 g/mol. The maximum absolute atomic E-state index is 12.7. The molecule has 1 heterocycles. The molecule has 0 bridgehead atoms. The average Bonchev–Trinajstić information content (AvgIpc) is 3.16. The van der Waals surface area contributed by atoms with Crippen molar-refractivity contribution in [1.82, 2.24) is 14.8 Å². The summed E-state index contributed by atoms with van der Waals surface area (Å²) in [6.45, 7) is 0. The standard InChI is InChI=1S/C21H14Br2N4O/c22-15-6-10-17(11-7-15)24-21(28)19-25-20(14-4-2-1-3-5-14)27(26-19)18-12-8-16(23)9-13-18/h1-13H,(H,24,28). The SMILES string of the molecule is O=C(Nc1ccc(Br)cc1)c1nc(-c2ccccc2)n(-c2ccc(Br)cc2)n1. The number of nitrogens with one attached hydrogen (secondary N) is 1. The lowest BCUT2D eigenvalue weighted by molar-refractivity contribution is 0.101. The largest absolute Gasteiger partial charge is 0.319 e. The van der Waals surface area contributed by atoms with Crippen molar-refractivity contribution in [2.75, 3.05) is 5.32 Å². The zero-order valence-electron chi connectivity index (χ0n) is 14.5. The molecule has 138 valence electrons. The molecule has 0 aliphatic rings. The van der Waals surface area contributed by atoms with E-state index >= 15 is 0 Å². The summed E-state index contributed by atoms with van der Waals surface area (Å²) >= 11 is 6.82. The van der Waals surface area contributed by atoms with Crippen LogP contribution in [0.3, 0.4) is 0 Å². The Morgan fingerprint density at radius 2 is 1.43 bits per heavy atom. The van der Waals surface area contributed by atoms with E-state index in [1.807, 2.05) is 78.9 Å². The summed E-state index contributed by atoms with van der Waals surface area (Å²) in [6.07, 6.45) is 0. The van der Waals surface area contributed by atoms with Crippen molar-refractivity contribution in [3.05, 3.63) is 93.6 Å². The Labute approximate surface area is 178 Å². The Kier molecular flexibility index (Phi) is 5.36. The van der Waals surface area contributed by atoms with Crippen LogP contribution in [0, 0.1) is 0 Å². The van der Waals surface area contributed by atoms with Gasteiger partial charge in [-0.2, -0.15) is 0 Å². The molecule has 0 unspecified atom stereocenters. The van der Waals surface area contributed by atoms with Crippen LogP contribution in [0.25, 0.3) is 17.1 Å². The number of benzene rings is 3. The molecule has 3 aromatic carbocycles. The van der Waals surface area contributed by atoms with Gasteiger partial charge in [-0.3, -0.25) is 4.79 Å². The van der Waals surface area contributed by atoms with Gasteiger partial charge in [0.15, 0.2) is 5.82 Å². The summed E-state index contributed by atoms with van der Waals surface area (Å²) in [6, 6.07) is 24.7. The molecule has 28 heavy (non-hydrogen) atoms. The molecule has 4 aromatic rings. The number of rotatable bonds is 4. The van der Waals surface area contributed by atoms with Crippen molar-refractivity contribution in [1.29, 1.82) is 0 Å². The smallest absolute Gasteiger partial charge is 0.295 e. The molecule has 1 aromatic heterocycles. The van der Waals surface area contributed by atoms with Gasteiger partial charge in [-0.15, -0.1) is 5.10 Å². The van der Waals surface area contributed by atoms with Gasteiger partial charge < -0.3 is 5.32 Å². The fourth-order valence-electron chi connectivity index (χ4n) is 2.66. The van der Waals surface area contributed by atoms with Crippen molar-refractivity contribution in [3.8, 4) is 17.1 Å². The summed E-state index contributed by atoms with van der Waals surface area (Å²) in [5.41, 5.74) is 2.37. The Morgan fingerprint density at radius 3 is 2.07 bits per heavy atom. The number of hydrogen-bond donors (Lipinski definition) is 1. The van der Waals surface area contributed by atoms with Crippen LogP contribution in [-0.4, -0.2) is 20.7 Å². The minimum absolute atomic E-state index is 0.102. The Hall–Kier alpha value is -2.77. The first-order chi connectivity index (χ1) is 13.6. The maximum atomic E-state index is 12.7. The highest BCUT2D eigenvalue weighted by atomic mass is 79.9. The molecule has 0 saturated carbocycles. The van der Waals surface area contributed by atoms with Crippen molar-refractivity contribution < 1.29 is 4.79 Å². The van der Waals surface area contributed by atoms with E-state index in [1.165, 1.54) is 0 Å². The van der Waals surface area contributed by atoms with E-state index in [4.69, 9.17) is 0 Å². The van der Waals surface area contributed by atoms with E-state index in [2.05, 4.69) is 47.3 Å². The van der Waals surface area contributed by atoms with E-state index in [0.29, 0.717) is 11.5 Å². The molecule has 0 aliphatic heterocycles. The zero-order chi connectivity index (χ0) is 19.5.